The smallest absolute Gasteiger partial charge is 0.310 e. The highest BCUT2D eigenvalue weighted by molar-refractivity contribution is 7.14. The summed E-state index contributed by atoms with van der Waals surface area (Å²) in [7, 11) is 0. The molecular formula is C112H138N12O14S3. The molecule has 141 heavy (non-hydrogen) atoms. The Bertz CT molecular complexity index is 6000. The van der Waals surface area contributed by atoms with Crippen molar-refractivity contribution in [1.82, 2.24) is 60.6 Å². The standard InChI is InChI=1S/C39H48N4O4S.C37H44N4O6S.C36H46N4O4S/c1-24-5-9-26(10-6-24)27-13-15-28(16-14-27)30-20-40-35(41-21-30)29-11-7-25(8-12-29)19-32(37(45)43-22-31(23-43)38(46)47)42-36(44)33-17-18-34(48-33)39(2,3)4;1-35(2,3)30-11-10-29(48-30)32(42)40-28(33(43)41-19-27(20-41)34(44)45)16-23-6-8-25(9-7-23)31-38-17-26(18-39-31)24-12-14-37(15-13-24)46-21-36(4,5)22-47-37;1-35(2,3)27-13-11-23(12-14-27)25-18-37-31(38-19-25)24-9-7-22(8-10-24)17-28(33(42)40-20-26(21-40)34(43)44)39-32(41)29-15-16-30(45-29)36(4,5)6/h7-8,11-12,15,17-18,20-21,24,26-27,31-32H,5-6,9-10,13-14,16,19,22-23H2,1-4H3,(H,42,44)(H,46,47);6-12,17-18,27-28H,13-16,19-22H2,1-5H3,(H,40,42)(H,44,45);7-10,15-16,18-19,23,26-28H,11-14,17,20-21H2,1-6H3,(H,39,41)(H,43,44)/t24?,26?,27?,32-;;23?,27?,28-/m0.0/s1. The third kappa shape index (κ3) is 26.4. The van der Waals surface area contributed by atoms with Crippen molar-refractivity contribution in [2.45, 2.75) is 259 Å². The maximum absolute atomic E-state index is 13.5. The molecule has 0 radical (unpaired) electrons. The second-order valence-corrected chi connectivity index (χ2v) is 48.3. The Morgan fingerprint density at radius 2 is 0.752 bits per heavy atom. The molecule has 4 aliphatic carbocycles. The Morgan fingerprint density at radius 3 is 1.05 bits per heavy atom. The summed E-state index contributed by atoms with van der Waals surface area (Å²) in [6, 6.07) is 31.9. The van der Waals surface area contributed by atoms with Crippen LogP contribution in [-0.2, 0) is 73.7 Å². The Morgan fingerprint density at radius 1 is 0.411 bits per heavy atom. The SMILES string of the molecule is CC(C)(C)c1ccc(C(=O)N[C@@H](Cc2ccc(-c3ncc(C4CCC(C(C)(C)C)CC4)cn3)cc2)C(=O)N2CC(C(=O)O)C2)s1.CC1(C)COC2(CC=C(c3cnc(-c4ccc(CC(NC(=O)c5ccc(C(C)(C)C)s5)C(=O)N5CC(C(=O)O)C5)cc4)nc3)CC2)OC1.CC1CCC(C2CC=C(c3cnc(-c4ccc(C[C@H](NC(=O)c5ccc(C(C)(C)C)s5)C(=O)N5CC(C(=O)O)C5)cc4)nc3)CC2)CC1. The highest BCUT2D eigenvalue weighted by Crippen LogP contribution is 2.46. The fraction of sp³-hybridized carbons (Fsp3) is 0.509. The molecule has 8 aliphatic rings. The summed E-state index contributed by atoms with van der Waals surface area (Å²) in [6.45, 7) is 34.8. The van der Waals surface area contributed by atoms with Gasteiger partial charge in [0.25, 0.3) is 17.7 Å². The van der Waals surface area contributed by atoms with Crippen molar-refractivity contribution in [2.24, 2.45) is 52.3 Å². The van der Waals surface area contributed by atoms with Gasteiger partial charge in [-0.25, -0.2) is 29.9 Å². The molecule has 4 saturated heterocycles. The summed E-state index contributed by atoms with van der Waals surface area (Å²) in [5.74, 6) is -0.994. The first-order valence-electron chi connectivity index (χ1n) is 50.0. The summed E-state index contributed by atoms with van der Waals surface area (Å²) in [4.78, 5) is 152. The van der Waals surface area contributed by atoms with Crippen LogP contribution in [0.25, 0.3) is 45.3 Å². The van der Waals surface area contributed by atoms with Crippen LogP contribution < -0.4 is 16.0 Å². The molecule has 26 nitrogen and oxygen atoms in total. The number of carbonyl (C=O) groups excluding carboxylic acids is 6. The number of allylic oxidation sites excluding steroid dienone is 3. The van der Waals surface area contributed by atoms with Gasteiger partial charge in [-0.05, 0) is 185 Å². The van der Waals surface area contributed by atoms with Gasteiger partial charge in [0, 0.05) is 156 Å². The number of ether oxygens (including phenoxy) is 2. The normalized spacial score (nSPS) is 20.7. The van der Waals surface area contributed by atoms with Gasteiger partial charge >= 0.3 is 17.9 Å². The summed E-state index contributed by atoms with van der Waals surface area (Å²) in [5.41, 5.74) is 11.1. The van der Waals surface area contributed by atoms with Crippen LogP contribution in [0.4, 0.5) is 0 Å². The van der Waals surface area contributed by atoms with Crippen molar-refractivity contribution in [1.29, 1.82) is 0 Å². The highest BCUT2D eigenvalue weighted by Gasteiger charge is 2.45. The average molecular weight is 1970 g/mol. The molecule has 2 unspecified atom stereocenters. The maximum Gasteiger partial charge on any atom is 0.310 e. The molecule has 17 rings (SSSR count). The quantitative estimate of drug-likeness (QED) is 0.0309. The lowest BCUT2D eigenvalue weighted by Crippen LogP contribution is -2.59. The number of hydrogen-bond donors (Lipinski definition) is 6. The van der Waals surface area contributed by atoms with Crippen molar-refractivity contribution >= 4 is 98.5 Å². The van der Waals surface area contributed by atoms with E-state index in [-0.39, 0.29) is 116 Å². The molecule has 3 aromatic carbocycles. The van der Waals surface area contributed by atoms with Crippen molar-refractivity contribution in [3.8, 4) is 34.2 Å². The minimum atomic E-state index is -0.921. The zero-order chi connectivity index (χ0) is 101. The first-order valence-corrected chi connectivity index (χ1v) is 52.5. The second-order valence-electron chi connectivity index (χ2n) is 45.1. The summed E-state index contributed by atoms with van der Waals surface area (Å²) in [6.07, 6.45) is 33.1. The molecule has 4 atom stereocenters. The van der Waals surface area contributed by atoms with Crippen molar-refractivity contribution < 1.29 is 67.9 Å². The Hall–Kier alpha value is -11.4. The molecule has 6 N–H and O–H groups in total. The number of thiophene rings is 3. The molecule has 1 spiro atoms. The molecule has 4 aliphatic heterocycles. The highest BCUT2D eigenvalue weighted by atomic mass is 32.1. The van der Waals surface area contributed by atoms with E-state index in [9.17, 15) is 58.5 Å². The second kappa shape index (κ2) is 43.8. The largest absolute Gasteiger partial charge is 0.481 e. The van der Waals surface area contributed by atoms with Crippen LogP contribution in [0.15, 0.2) is 159 Å². The molecule has 2 saturated carbocycles. The number of nitrogens with one attached hydrogen (secondary N) is 3. The Kier molecular flexibility index (Phi) is 32.3. The van der Waals surface area contributed by atoms with Gasteiger partial charge in [-0.1, -0.05) is 202 Å². The third-order valence-corrected chi connectivity index (χ3v) is 33.8. The first kappa shape index (κ1) is 104. The van der Waals surface area contributed by atoms with E-state index in [2.05, 4.69) is 142 Å². The number of aromatic nitrogens is 6. The number of amides is 6. The molecule has 6 fully saturated rings. The molecule has 10 heterocycles. The summed E-state index contributed by atoms with van der Waals surface area (Å²) < 4.78 is 12.3. The average Bonchev–Trinajstić information content (AvgIpc) is 1.57. The van der Waals surface area contributed by atoms with Gasteiger partial charge in [-0.2, -0.15) is 0 Å². The van der Waals surface area contributed by atoms with Gasteiger partial charge in [-0.15, -0.1) is 34.0 Å². The lowest BCUT2D eigenvalue weighted by Gasteiger charge is -2.44. The van der Waals surface area contributed by atoms with E-state index in [1.807, 2.05) is 128 Å². The van der Waals surface area contributed by atoms with Gasteiger partial charge in [0.2, 0.25) is 17.7 Å². The van der Waals surface area contributed by atoms with Crippen LogP contribution >= 0.6 is 34.0 Å². The maximum atomic E-state index is 13.5. The fourth-order valence-corrected chi connectivity index (χ4v) is 22.6. The number of likely N-dealkylation sites (tertiary alicyclic amines) is 3. The molecule has 6 aromatic heterocycles. The third-order valence-electron chi connectivity index (χ3n) is 29.3. The van der Waals surface area contributed by atoms with E-state index in [0.29, 0.717) is 63.1 Å². The van der Waals surface area contributed by atoms with E-state index in [0.717, 1.165) is 108 Å². The minimum Gasteiger partial charge on any atom is -0.481 e. The van der Waals surface area contributed by atoms with E-state index < -0.39 is 59.6 Å². The van der Waals surface area contributed by atoms with Crippen LogP contribution in [-0.4, -0.2) is 190 Å². The van der Waals surface area contributed by atoms with Gasteiger partial charge in [0.15, 0.2) is 23.3 Å². The molecule has 29 heteroatoms. The number of carboxylic acids is 3. The monoisotopic (exact) mass is 1970 g/mol. The van der Waals surface area contributed by atoms with E-state index in [1.54, 1.807) is 18.2 Å². The van der Waals surface area contributed by atoms with Crippen molar-refractivity contribution in [3.05, 3.63) is 221 Å². The molecular weight excluding hydrogens is 1830 g/mol. The Labute approximate surface area is 840 Å². The van der Waals surface area contributed by atoms with Crippen LogP contribution in [0.3, 0.4) is 0 Å². The van der Waals surface area contributed by atoms with E-state index in [1.165, 1.54) is 123 Å². The fourth-order valence-electron chi connectivity index (χ4n) is 19.7. The van der Waals surface area contributed by atoms with Crippen LogP contribution in [0.2, 0.25) is 0 Å². The van der Waals surface area contributed by atoms with E-state index >= 15 is 0 Å². The van der Waals surface area contributed by atoms with Crippen LogP contribution in [0.1, 0.15) is 277 Å². The van der Waals surface area contributed by atoms with Crippen molar-refractivity contribution in [2.75, 3.05) is 52.5 Å². The lowest BCUT2D eigenvalue weighted by molar-refractivity contribution is -0.300. The molecule has 0 bridgehead atoms. The number of hydrogen-bond acceptors (Lipinski definition) is 20. The Balaban J connectivity index is 0.000000160. The predicted molar refractivity (Wildman–Crippen MR) is 550 cm³/mol. The lowest BCUT2D eigenvalue weighted by atomic mass is 9.69. The van der Waals surface area contributed by atoms with Crippen molar-refractivity contribution in [3.63, 3.8) is 0 Å². The summed E-state index contributed by atoms with van der Waals surface area (Å²) in [5, 5.41) is 36.7. The zero-order valence-electron chi connectivity index (χ0n) is 84.1. The number of carbonyl (C=O) groups is 9. The van der Waals surface area contributed by atoms with Crippen LogP contribution in [0.5, 0.6) is 0 Å². The zero-order valence-corrected chi connectivity index (χ0v) is 86.6. The first-order chi connectivity index (χ1) is 66.8. The van der Waals surface area contributed by atoms with Crippen LogP contribution in [0, 0.1) is 52.3 Å². The number of rotatable bonds is 25. The molecule has 6 amide bonds. The minimum absolute atomic E-state index is 0.0365. The summed E-state index contributed by atoms with van der Waals surface area (Å²) >= 11 is 4.26. The topological polar surface area (TPSA) is 356 Å². The number of benzene rings is 3. The predicted octanol–water partition coefficient (Wildman–Crippen LogP) is 19.8. The number of nitrogens with zero attached hydrogens (tertiary/aromatic N) is 9. The molecule has 9 aromatic rings. The van der Waals surface area contributed by atoms with Gasteiger partial charge in [0.1, 0.15) is 18.1 Å². The van der Waals surface area contributed by atoms with Gasteiger partial charge < -0.3 is 55.4 Å². The number of aliphatic carboxylic acids is 3. The van der Waals surface area contributed by atoms with Gasteiger partial charge in [-0.3, -0.25) is 43.2 Å². The van der Waals surface area contributed by atoms with E-state index in [4.69, 9.17) is 29.4 Å². The molecule has 748 valence electrons. The number of carboxylic acid groups (broad SMARTS) is 3. The van der Waals surface area contributed by atoms with Gasteiger partial charge in [0.05, 0.1) is 45.6 Å².